The number of hydrogen-bond acceptors (Lipinski definition) is 4. The number of aryl methyl sites for hydroxylation is 1. The van der Waals surface area contributed by atoms with E-state index in [1.807, 2.05) is 18.2 Å². The van der Waals surface area contributed by atoms with E-state index in [1.165, 1.54) is 5.56 Å². The van der Waals surface area contributed by atoms with E-state index in [2.05, 4.69) is 22.1 Å². The van der Waals surface area contributed by atoms with E-state index < -0.39 is 0 Å². The first-order chi connectivity index (χ1) is 8.34. The zero-order valence-corrected chi connectivity index (χ0v) is 10.4. The second kappa shape index (κ2) is 6.25. The van der Waals surface area contributed by atoms with Gasteiger partial charge in [-0.15, -0.1) is 11.8 Å². The van der Waals surface area contributed by atoms with Crippen molar-refractivity contribution in [1.82, 2.24) is 9.97 Å². The third-order valence-corrected chi connectivity index (χ3v) is 3.42. The van der Waals surface area contributed by atoms with Gasteiger partial charge in [0, 0.05) is 11.9 Å². The summed E-state index contributed by atoms with van der Waals surface area (Å²) < 4.78 is 0. The molecule has 0 aliphatic rings. The van der Waals surface area contributed by atoms with Crippen molar-refractivity contribution < 1.29 is 0 Å². The predicted molar refractivity (Wildman–Crippen MR) is 71.9 cm³/mol. The first-order valence-electron chi connectivity index (χ1n) is 5.58. The fourth-order valence-corrected chi connectivity index (χ4v) is 2.28. The smallest absolute Gasteiger partial charge is 0.116 e. The lowest BCUT2D eigenvalue weighted by Crippen LogP contribution is -1.90. The molecule has 3 nitrogen and oxygen atoms in total. The molecule has 0 aliphatic carbocycles. The van der Waals surface area contributed by atoms with E-state index in [0.29, 0.717) is 0 Å². The van der Waals surface area contributed by atoms with Gasteiger partial charge in [-0.05, 0) is 42.4 Å². The Labute approximate surface area is 105 Å². The lowest BCUT2D eigenvalue weighted by Gasteiger charge is -2.02. The van der Waals surface area contributed by atoms with Crippen molar-refractivity contribution >= 4 is 17.4 Å². The average Bonchev–Trinajstić information content (AvgIpc) is 2.38. The largest absolute Gasteiger partial charge is 0.399 e. The van der Waals surface area contributed by atoms with Gasteiger partial charge in [-0.3, -0.25) is 0 Å². The summed E-state index contributed by atoms with van der Waals surface area (Å²) in [4.78, 5) is 8.06. The van der Waals surface area contributed by atoms with Crippen LogP contribution in [0.25, 0.3) is 0 Å². The summed E-state index contributed by atoms with van der Waals surface area (Å²) in [6.07, 6.45) is 5.58. The Morgan fingerprint density at radius 1 is 1.12 bits per heavy atom. The number of hydrogen-bond donors (Lipinski definition) is 1. The fourth-order valence-electron chi connectivity index (χ4n) is 1.50. The highest BCUT2D eigenvalue weighted by atomic mass is 32.2. The standard InChI is InChI=1S/C13H15N3S/c14-12-5-3-11(4-6-12)2-1-9-17-13-7-8-15-10-16-13/h3-8,10H,1-2,9,14H2. The minimum Gasteiger partial charge on any atom is -0.399 e. The Balaban J connectivity index is 1.71. The summed E-state index contributed by atoms with van der Waals surface area (Å²) in [7, 11) is 0. The van der Waals surface area contributed by atoms with Crippen molar-refractivity contribution in [3.8, 4) is 0 Å². The molecule has 0 spiro atoms. The molecule has 0 saturated carbocycles. The molecule has 0 saturated heterocycles. The molecule has 0 atom stereocenters. The van der Waals surface area contributed by atoms with Crippen LogP contribution in [0.3, 0.4) is 0 Å². The zero-order valence-electron chi connectivity index (χ0n) is 9.54. The van der Waals surface area contributed by atoms with Crippen molar-refractivity contribution in [2.45, 2.75) is 17.9 Å². The van der Waals surface area contributed by atoms with Crippen LogP contribution in [0.2, 0.25) is 0 Å². The summed E-state index contributed by atoms with van der Waals surface area (Å²) >= 11 is 1.77. The van der Waals surface area contributed by atoms with Gasteiger partial charge in [-0.25, -0.2) is 9.97 Å². The van der Waals surface area contributed by atoms with E-state index >= 15 is 0 Å². The summed E-state index contributed by atoms with van der Waals surface area (Å²) in [6, 6.07) is 10.0. The van der Waals surface area contributed by atoms with E-state index in [-0.39, 0.29) is 0 Å². The molecule has 2 N–H and O–H groups in total. The molecule has 2 aromatic rings. The Bertz CT molecular complexity index is 442. The summed E-state index contributed by atoms with van der Waals surface area (Å²) in [5.74, 6) is 1.07. The molecular formula is C13H15N3S. The molecule has 1 heterocycles. The number of aromatic nitrogens is 2. The number of benzene rings is 1. The number of anilines is 1. The minimum atomic E-state index is 0.823. The van der Waals surface area contributed by atoms with Crippen LogP contribution in [0.1, 0.15) is 12.0 Å². The van der Waals surface area contributed by atoms with Crippen molar-refractivity contribution in [1.29, 1.82) is 0 Å². The zero-order chi connectivity index (χ0) is 11.9. The highest BCUT2D eigenvalue weighted by Gasteiger charge is 1.96. The van der Waals surface area contributed by atoms with Gasteiger partial charge in [-0.1, -0.05) is 12.1 Å². The van der Waals surface area contributed by atoms with Crippen LogP contribution in [0, 0.1) is 0 Å². The fraction of sp³-hybridized carbons (Fsp3) is 0.231. The van der Waals surface area contributed by atoms with Gasteiger partial charge in [0.2, 0.25) is 0 Å². The van der Waals surface area contributed by atoms with E-state index in [1.54, 1.807) is 24.3 Å². The molecule has 0 unspecified atom stereocenters. The number of rotatable bonds is 5. The average molecular weight is 245 g/mol. The first-order valence-corrected chi connectivity index (χ1v) is 6.56. The van der Waals surface area contributed by atoms with Gasteiger partial charge in [0.15, 0.2) is 0 Å². The lowest BCUT2D eigenvalue weighted by molar-refractivity contribution is 0.929. The second-order valence-corrected chi connectivity index (χ2v) is 4.86. The maximum atomic E-state index is 5.64. The van der Waals surface area contributed by atoms with Gasteiger partial charge in [0.25, 0.3) is 0 Å². The molecule has 88 valence electrons. The minimum absolute atomic E-state index is 0.823. The topological polar surface area (TPSA) is 51.8 Å². The Hall–Kier alpha value is -1.55. The summed E-state index contributed by atoms with van der Waals surface area (Å²) in [5.41, 5.74) is 7.80. The third-order valence-electron chi connectivity index (χ3n) is 2.39. The molecule has 4 heteroatoms. The van der Waals surface area contributed by atoms with Crippen molar-refractivity contribution in [2.24, 2.45) is 0 Å². The molecule has 1 aromatic carbocycles. The van der Waals surface area contributed by atoms with Crippen molar-refractivity contribution in [2.75, 3.05) is 11.5 Å². The van der Waals surface area contributed by atoms with Crippen LogP contribution in [0.15, 0.2) is 47.9 Å². The van der Waals surface area contributed by atoms with E-state index in [4.69, 9.17) is 5.73 Å². The molecule has 0 aliphatic heterocycles. The molecule has 0 amide bonds. The summed E-state index contributed by atoms with van der Waals surface area (Å²) in [6.45, 7) is 0. The third kappa shape index (κ3) is 4.07. The van der Waals surface area contributed by atoms with E-state index in [0.717, 1.165) is 29.3 Å². The van der Waals surface area contributed by atoms with Crippen LogP contribution in [0.5, 0.6) is 0 Å². The predicted octanol–water partition coefficient (Wildman–Crippen LogP) is 2.78. The normalized spacial score (nSPS) is 10.4. The number of nitrogens with zero attached hydrogens (tertiary/aromatic N) is 2. The van der Waals surface area contributed by atoms with Gasteiger partial charge in [0.05, 0.1) is 5.03 Å². The van der Waals surface area contributed by atoms with E-state index in [9.17, 15) is 0 Å². The molecule has 2 rings (SSSR count). The molecule has 1 aromatic heterocycles. The van der Waals surface area contributed by atoms with Crippen LogP contribution in [0.4, 0.5) is 5.69 Å². The first kappa shape index (κ1) is 11.9. The molecule has 0 bridgehead atoms. The van der Waals surface area contributed by atoms with Crippen LogP contribution >= 0.6 is 11.8 Å². The van der Waals surface area contributed by atoms with Crippen LogP contribution in [-0.4, -0.2) is 15.7 Å². The van der Waals surface area contributed by atoms with Gasteiger partial charge < -0.3 is 5.73 Å². The molecule has 0 fully saturated rings. The van der Waals surface area contributed by atoms with Gasteiger partial charge >= 0.3 is 0 Å². The maximum absolute atomic E-state index is 5.64. The van der Waals surface area contributed by atoms with Crippen molar-refractivity contribution in [3.05, 3.63) is 48.4 Å². The number of nitrogens with two attached hydrogens (primary N) is 1. The monoisotopic (exact) mass is 245 g/mol. The van der Waals surface area contributed by atoms with Crippen molar-refractivity contribution in [3.63, 3.8) is 0 Å². The van der Waals surface area contributed by atoms with Crippen LogP contribution < -0.4 is 5.73 Å². The van der Waals surface area contributed by atoms with Gasteiger partial charge in [-0.2, -0.15) is 0 Å². The highest BCUT2D eigenvalue weighted by Crippen LogP contribution is 2.16. The Kier molecular flexibility index (Phi) is 4.38. The quantitative estimate of drug-likeness (QED) is 0.381. The van der Waals surface area contributed by atoms with Gasteiger partial charge in [0.1, 0.15) is 6.33 Å². The maximum Gasteiger partial charge on any atom is 0.116 e. The SMILES string of the molecule is Nc1ccc(CCCSc2ccncn2)cc1. The Morgan fingerprint density at radius 3 is 2.65 bits per heavy atom. The number of thioether (sulfide) groups is 1. The molecule has 0 radical (unpaired) electrons. The highest BCUT2D eigenvalue weighted by molar-refractivity contribution is 7.99. The lowest BCUT2D eigenvalue weighted by atomic mass is 10.1. The molecule has 17 heavy (non-hydrogen) atoms. The van der Waals surface area contributed by atoms with Crippen LogP contribution in [-0.2, 0) is 6.42 Å². The summed E-state index contributed by atoms with van der Waals surface area (Å²) in [5, 5.41) is 1.04. The Morgan fingerprint density at radius 2 is 1.94 bits per heavy atom. The second-order valence-electron chi connectivity index (χ2n) is 3.74. The number of nitrogen functional groups attached to an aromatic ring is 1. The molecular weight excluding hydrogens is 230 g/mol.